The number of methoxy groups -OCH3 is 1. The van der Waals surface area contributed by atoms with Gasteiger partial charge in [-0.15, -0.1) is 0 Å². The van der Waals surface area contributed by atoms with E-state index in [0.29, 0.717) is 32.9 Å². The number of benzene rings is 3. The standard InChI is InChI=1S/C23H16ClN3O4S/c1-29-15-4-6-16(7-5-15)30-12-21(28)27-23-26-17-8-2-13(10-20(17)32-23)22-25-18-11-14(24)3-9-19(18)31-22/h2-11H,12H2,1H3,(H,26,27,28). The van der Waals surface area contributed by atoms with Gasteiger partial charge in [0.1, 0.15) is 17.0 Å². The van der Waals surface area contributed by atoms with Gasteiger partial charge in [-0.2, -0.15) is 0 Å². The molecule has 5 rings (SSSR count). The summed E-state index contributed by atoms with van der Waals surface area (Å²) >= 11 is 7.39. The fraction of sp³-hybridized carbons (Fsp3) is 0.0870. The Labute approximate surface area is 191 Å². The van der Waals surface area contributed by atoms with Gasteiger partial charge in [-0.3, -0.25) is 10.1 Å². The fourth-order valence-electron chi connectivity index (χ4n) is 3.11. The van der Waals surface area contributed by atoms with Gasteiger partial charge in [0, 0.05) is 10.6 Å². The molecular weight excluding hydrogens is 450 g/mol. The van der Waals surface area contributed by atoms with Crippen molar-refractivity contribution in [2.75, 3.05) is 19.0 Å². The molecule has 1 amide bonds. The van der Waals surface area contributed by atoms with Gasteiger partial charge in [0.25, 0.3) is 5.91 Å². The molecule has 0 radical (unpaired) electrons. The van der Waals surface area contributed by atoms with Crippen LogP contribution in [0.1, 0.15) is 0 Å². The lowest BCUT2D eigenvalue weighted by Gasteiger charge is -2.06. The second-order valence-corrected chi connectivity index (χ2v) is 8.31. The molecule has 7 nitrogen and oxygen atoms in total. The number of ether oxygens (including phenoxy) is 2. The highest BCUT2D eigenvalue weighted by Crippen LogP contribution is 2.32. The normalized spacial score (nSPS) is 11.1. The minimum Gasteiger partial charge on any atom is -0.497 e. The van der Waals surface area contributed by atoms with Crippen LogP contribution in [0.5, 0.6) is 11.5 Å². The van der Waals surface area contributed by atoms with Crippen LogP contribution in [-0.4, -0.2) is 29.6 Å². The predicted molar refractivity (Wildman–Crippen MR) is 125 cm³/mol. The number of carbonyl (C=O) groups excluding carboxylic acids is 1. The maximum atomic E-state index is 12.3. The molecule has 5 aromatic rings. The number of hydrogen-bond acceptors (Lipinski definition) is 7. The summed E-state index contributed by atoms with van der Waals surface area (Å²) in [6, 6.07) is 18.0. The van der Waals surface area contributed by atoms with Gasteiger partial charge in [-0.25, -0.2) is 9.97 Å². The molecule has 0 fully saturated rings. The van der Waals surface area contributed by atoms with Crippen molar-refractivity contribution in [1.29, 1.82) is 0 Å². The molecule has 0 saturated heterocycles. The number of thiazole rings is 1. The summed E-state index contributed by atoms with van der Waals surface area (Å²) in [5.74, 6) is 1.50. The topological polar surface area (TPSA) is 86.5 Å². The molecule has 0 spiro atoms. The molecule has 0 aliphatic carbocycles. The van der Waals surface area contributed by atoms with Crippen molar-refractivity contribution >= 4 is 55.3 Å². The molecule has 2 aromatic heterocycles. The van der Waals surface area contributed by atoms with Gasteiger partial charge >= 0.3 is 0 Å². The average molecular weight is 466 g/mol. The third-order valence-corrected chi connectivity index (χ3v) is 5.83. The quantitative estimate of drug-likeness (QED) is 0.342. The smallest absolute Gasteiger partial charge is 0.264 e. The van der Waals surface area contributed by atoms with Gasteiger partial charge < -0.3 is 13.9 Å². The van der Waals surface area contributed by atoms with Crippen molar-refractivity contribution in [3.05, 3.63) is 65.7 Å². The van der Waals surface area contributed by atoms with Gasteiger partial charge in [0.05, 0.1) is 17.3 Å². The Balaban J connectivity index is 1.29. The van der Waals surface area contributed by atoms with E-state index in [2.05, 4.69) is 15.3 Å². The van der Waals surface area contributed by atoms with E-state index < -0.39 is 0 Å². The van der Waals surface area contributed by atoms with Crippen LogP contribution in [0.3, 0.4) is 0 Å². The van der Waals surface area contributed by atoms with Crippen molar-refractivity contribution in [3.8, 4) is 23.0 Å². The average Bonchev–Trinajstić information content (AvgIpc) is 3.40. The van der Waals surface area contributed by atoms with Crippen LogP contribution in [0.25, 0.3) is 32.8 Å². The van der Waals surface area contributed by atoms with Crippen LogP contribution in [0.15, 0.2) is 65.1 Å². The van der Waals surface area contributed by atoms with Gasteiger partial charge in [0.15, 0.2) is 17.3 Å². The Kier molecular flexibility index (Phi) is 5.38. The summed E-state index contributed by atoms with van der Waals surface area (Å²) in [5, 5.41) is 3.87. The van der Waals surface area contributed by atoms with Crippen LogP contribution in [0.2, 0.25) is 5.02 Å². The zero-order chi connectivity index (χ0) is 22.1. The van der Waals surface area contributed by atoms with Crippen molar-refractivity contribution in [2.45, 2.75) is 0 Å². The number of anilines is 1. The van der Waals surface area contributed by atoms with Crippen molar-refractivity contribution in [3.63, 3.8) is 0 Å². The molecule has 3 aromatic carbocycles. The summed E-state index contributed by atoms with van der Waals surface area (Å²) in [5.41, 5.74) is 2.94. The second kappa shape index (κ2) is 8.49. The maximum absolute atomic E-state index is 12.3. The molecular formula is C23H16ClN3O4S. The molecule has 0 unspecified atom stereocenters. The number of hydrogen-bond donors (Lipinski definition) is 1. The first-order valence-corrected chi connectivity index (χ1v) is 10.8. The Hall–Kier alpha value is -3.62. The number of fused-ring (bicyclic) bond motifs is 2. The van der Waals surface area contributed by atoms with Gasteiger partial charge in [-0.05, 0) is 60.7 Å². The number of rotatable bonds is 6. The van der Waals surface area contributed by atoms with E-state index in [4.69, 9.17) is 25.5 Å². The Morgan fingerprint density at radius 3 is 2.66 bits per heavy atom. The van der Waals surface area contributed by atoms with Crippen molar-refractivity contribution in [2.24, 2.45) is 0 Å². The monoisotopic (exact) mass is 465 g/mol. The molecule has 0 saturated carbocycles. The molecule has 9 heteroatoms. The zero-order valence-electron chi connectivity index (χ0n) is 16.8. The van der Waals surface area contributed by atoms with Crippen molar-refractivity contribution in [1.82, 2.24) is 9.97 Å². The fourth-order valence-corrected chi connectivity index (χ4v) is 4.20. The summed E-state index contributed by atoms with van der Waals surface area (Å²) in [6.07, 6.45) is 0. The minimum atomic E-state index is -0.295. The number of carbonyl (C=O) groups is 1. The number of nitrogens with zero attached hydrogens (tertiary/aromatic N) is 2. The van der Waals surface area contributed by atoms with E-state index in [1.54, 1.807) is 49.6 Å². The number of halogens is 1. The first kappa shape index (κ1) is 20.3. The van der Waals surface area contributed by atoms with Gasteiger partial charge in [0.2, 0.25) is 5.89 Å². The number of nitrogens with one attached hydrogen (secondary N) is 1. The van der Waals surface area contributed by atoms with E-state index in [-0.39, 0.29) is 12.5 Å². The zero-order valence-corrected chi connectivity index (χ0v) is 18.4. The minimum absolute atomic E-state index is 0.126. The molecule has 0 aliphatic rings. The first-order chi connectivity index (χ1) is 15.6. The highest BCUT2D eigenvalue weighted by molar-refractivity contribution is 7.22. The summed E-state index contributed by atoms with van der Waals surface area (Å²) in [7, 11) is 1.59. The van der Waals surface area contributed by atoms with Crippen LogP contribution in [0, 0.1) is 0 Å². The SMILES string of the molecule is COc1ccc(OCC(=O)Nc2nc3ccc(-c4nc5cc(Cl)ccc5o4)cc3s2)cc1. The predicted octanol–water partition coefficient (Wildman–Crippen LogP) is 5.78. The lowest BCUT2D eigenvalue weighted by molar-refractivity contribution is -0.118. The van der Waals surface area contributed by atoms with Crippen LogP contribution < -0.4 is 14.8 Å². The highest BCUT2D eigenvalue weighted by atomic mass is 35.5. The van der Waals surface area contributed by atoms with E-state index in [1.165, 1.54) is 11.3 Å². The largest absolute Gasteiger partial charge is 0.497 e. The molecule has 32 heavy (non-hydrogen) atoms. The van der Waals surface area contributed by atoms with Crippen LogP contribution in [-0.2, 0) is 4.79 Å². The number of oxazole rings is 1. The molecule has 1 N–H and O–H groups in total. The summed E-state index contributed by atoms with van der Waals surface area (Å²) in [6.45, 7) is -0.126. The Morgan fingerprint density at radius 1 is 1.03 bits per heavy atom. The van der Waals surface area contributed by atoms with Crippen LogP contribution >= 0.6 is 22.9 Å². The molecule has 0 bridgehead atoms. The second-order valence-electron chi connectivity index (χ2n) is 6.84. The lowest BCUT2D eigenvalue weighted by Crippen LogP contribution is -2.19. The number of aromatic nitrogens is 2. The first-order valence-electron chi connectivity index (χ1n) is 9.61. The van der Waals surface area contributed by atoms with E-state index >= 15 is 0 Å². The third kappa shape index (κ3) is 4.23. The lowest BCUT2D eigenvalue weighted by atomic mass is 10.2. The van der Waals surface area contributed by atoms with Crippen molar-refractivity contribution < 1.29 is 18.7 Å². The summed E-state index contributed by atoms with van der Waals surface area (Å²) in [4.78, 5) is 21.2. The summed E-state index contributed by atoms with van der Waals surface area (Å²) < 4.78 is 17.3. The third-order valence-electron chi connectivity index (χ3n) is 4.66. The number of amides is 1. The van der Waals surface area contributed by atoms with E-state index in [1.807, 2.05) is 18.2 Å². The maximum Gasteiger partial charge on any atom is 0.264 e. The molecule has 0 aliphatic heterocycles. The van der Waals surface area contributed by atoms with Crippen LogP contribution in [0.4, 0.5) is 5.13 Å². The Bertz CT molecular complexity index is 1430. The molecule has 160 valence electrons. The molecule has 2 heterocycles. The highest BCUT2D eigenvalue weighted by Gasteiger charge is 2.13. The van der Waals surface area contributed by atoms with E-state index in [0.717, 1.165) is 21.5 Å². The Morgan fingerprint density at radius 2 is 1.84 bits per heavy atom. The molecule has 0 atom stereocenters. The van der Waals surface area contributed by atoms with E-state index in [9.17, 15) is 4.79 Å². The van der Waals surface area contributed by atoms with Gasteiger partial charge in [-0.1, -0.05) is 22.9 Å².